The van der Waals surface area contributed by atoms with Crippen LogP contribution in [-0.4, -0.2) is 34.0 Å². The molecular weight excluding hydrogens is 296 g/mol. The Bertz CT molecular complexity index is 605. The lowest BCUT2D eigenvalue weighted by molar-refractivity contribution is -0.123. The summed E-state index contributed by atoms with van der Waals surface area (Å²) in [7, 11) is 0. The number of nitrogens with one attached hydrogen (secondary N) is 2. The van der Waals surface area contributed by atoms with Crippen molar-refractivity contribution in [2.75, 3.05) is 6.54 Å². The van der Waals surface area contributed by atoms with Gasteiger partial charge in [-0.2, -0.15) is 0 Å². The van der Waals surface area contributed by atoms with Crippen molar-refractivity contribution in [1.82, 2.24) is 20.2 Å². The summed E-state index contributed by atoms with van der Waals surface area (Å²) < 4.78 is 6.99. The average Bonchev–Trinajstić information content (AvgIpc) is 3.21. The van der Waals surface area contributed by atoms with Crippen LogP contribution in [0.25, 0.3) is 0 Å². The van der Waals surface area contributed by atoms with Gasteiger partial charge in [0.1, 0.15) is 6.04 Å². The van der Waals surface area contributed by atoms with E-state index in [1.54, 1.807) is 24.7 Å². The number of imidazole rings is 1. The van der Waals surface area contributed by atoms with Gasteiger partial charge in [0.15, 0.2) is 5.76 Å². The minimum atomic E-state index is -0.596. The minimum absolute atomic E-state index is 0.0254. The number of amides is 2. The second kappa shape index (κ2) is 8.17. The van der Waals surface area contributed by atoms with E-state index in [0.29, 0.717) is 6.54 Å². The number of aromatic nitrogens is 2. The molecule has 0 aliphatic rings. The van der Waals surface area contributed by atoms with Gasteiger partial charge in [0.2, 0.25) is 5.91 Å². The molecule has 0 spiro atoms. The van der Waals surface area contributed by atoms with Gasteiger partial charge < -0.3 is 19.6 Å². The van der Waals surface area contributed by atoms with E-state index >= 15 is 0 Å². The molecule has 2 amide bonds. The maximum Gasteiger partial charge on any atom is 0.287 e. The van der Waals surface area contributed by atoms with Crippen LogP contribution in [-0.2, 0) is 11.3 Å². The molecule has 2 aromatic heterocycles. The lowest BCUT2D eigenvalue weighted by Crippen LogP contribution is -2.49. The molecule has 0 saturated heterocycles. The van der Waals surface area contributed by atoms with Gasteiger partial charge in [0, 0.05) is 25.5 Å². The molecule has 7 nitrogen and oxygen atoms in total. The van der Waals surface area contributed by atoms with Crippen LogP contribution in [0.5, 0.6) is 0 Å². The SMILES string of the molecule is CC(C)[C@@H](NC(=O)c1ccco1)C(=O)NCCCn1ccnc1. The van der Waals surface area contributed by atoms with Crippen molar-refractivity contribution in [3.63, 3.8) is 0 Å². The molecule has 2 aromatic rings. The van der Waals surface area contributed by atoms with Crippen molar-refractivity contribution in [2.24, 2.45) is 5.92 Å². The molecule has 0 bridgehead atoms. The number of carbonyl (C=O) groups is 2. The summed E-state index contributed by atoms with van der Waals surface area (Å²) in [6.45, 7) is 5.10. The first-order chi connectivity index (χ1) is 11.1. The Balaban J connectivity index is 1.79. The zero-order valence-corrected chi connectivity index (χ0v) is 13.4. The maximum absolute atomic E-state index is 12.3. The monoisotopic (exact) mass is 318 g/mol. The van der Waals surface area contributed by atoms with Crippen molar-refractivity contribution in [3.8, 4) is 0 Å². The van der Waals surface area contributed by atoms with Gasteiger partial charge in [-0.3, -0.25) is 9.59 Å². The molecular formula is C16H22N4O3. The number of carbonyl (C=O) groups excluding carboxylic acids is 2. The van der Waals surface area contributed by atoms with Crippen molar-refractivity contribution in [3.05, 3.63) is 42.9 Å². The Hall–Kier alpha value is -2.57. The Morgan fingerprint density at radius 3 is 2.83 bits per heavy atom. The van der Waals surface area contributed by atoms with E-state index in [0.717, 1.165) is 13.0 Å². The van der Waals surface area contributed by atoms with E-state index in [1.165, 1.54) is 6.26 Å². The van der Waals surface area contributed by atoms with Crippen LogP contribution in [0, 0.1) is 5.92 Å². The minimum Gasteiger partial charge on any atom is -0.459 e. The summed E-state index contributed by atoms with van der Waals surface area (Å²) in [5.74, 6) is -0.404. The van der Waals surface area contributed by atoms with Crippen LogP contribution in [0.3, 0.4) is 0 Å². The molecule has 2 rings (SSSR count). The standard InChI is InChI=1S/C16H22N4O3/c1-12(2)14(19-15(21)13-5-3-10-23-13)16(22)18-6-4-8-20-9-7-17-11-20/h3,5,7,9-12,14H,4,6,8H2,1-2H3,(H,18,22)(H,19,21)/t14-/m1/s1. The second-order valence-corrected chi connectivity index (χ2v) is 5.62. The Morgan fingerprint density at radius 1 is 1.39 bits per heavy atom. The van der Waals surface area contributed by atoms with E-state index in [4.69, 9.17) is 4.42 Å². The number of hydrogen-bond acceptors (Lipinski definition) is 4. The van der Waals surface area contributed by atoms with Crippen LogP contribution in [0.1, 0.15) is 30.8 Å². The van der Waals surface area contributed by atoms with Crippen LogP contribution >= 0.6 is 0 Å². The highest BCUT2D eigenvalue weighted by Crippen LogP contribution is 2.06. The normalized spacial score (nSPS) is 12.1. The van der Waals surface area contributed by atoms with Crippen LogP contribution in [0.4, 0.5) is 0 Å². The van der Waals surface area contributed by atoms with Gasteiger partial charge in [0.25, 0.3) is 5.91 Å². The molecule has 2 N–H and O–H groups in total. The van der Waals surface area contributed by atoms with Gasteiger partial charge in [-0.25, -0.2) is 4.98 Å². The fraction of sp³-hybridized carbons (Fsp3) is 0.438. The Kier molecular flexibility index (Phi) is 5.96. The fourth-order valence-corrected chi connectivity index (χ4v) is 2.16. The lowest BCUT2D eigenvalue weighted by Gasteiger charge is -2.21. The summed E-state index contributed by atoms with van der Waals surface area (Å²) >= 11 is 0. The van der Waals surface area contributed by atoms with Gasteiger partial charge in [0.05, 0.1) is 12.6 Å². The van der Waals surface area contributed by atoms with E-state index in [1.807, 2.05) is 24.6 Å². The number of rotatable bonds is 8. The molecule has 0 unspecified atom stereocenters. The predicted molar refractivity (Wildman–Crippen MR) is 84.7 cm³/mol. The highest BCUT2D eigenvalue weighted by atomic mass is 16.3. The predicted octanol–water partition coefficient (Wildman–Crippen LogP) is 1.44. The van der Waals surface area contributed by atoms with Gasteiger partial charge in [-0.05, 0) is 24.5 Å². The third kappa shape index (κ3) is 4.98. The summed E-state index contributed by atoms with van der Waals surface area (Å²) in [5, 5.41) is 5.57. The quantitative estimate of drug-likeness (QED) is 0.721. The van der Waals surface area contributed by atoms with Crippen LogP contribution < -0.4 is 10.6 Å². The molecule has 23 heavy (non-hydrogen) atoms. The van der Waals surface area contributed by atoms with Crippen molar-refractivity contribution in [1.29, 1.82) is 0 Å². The maximum atomic E-state index is 12.3. The molecule has 0 radical (unpaired) electrons. The fourth-order valence-electron chi connectivity index (χ4n) is 2.16. The van der Waals surface area contributed by atoms with Crippen molar-refractivity contribution < 1.29 is 14.0 Å². The first-order valence-corrected chi connectivity index (χ1v) is 7.65. The molecule has 0 fully saturated rings. The third-order valence-corrected chi connectivity index (χ3v) is 3.43. The highest BCUT2D eigenvalue weighted by molar-refractivity contribution is 5.95. The van der Waals surface area contributed by atoms with Crippen LogP contribution in [0.2, 0.25) is 0 Å². The summed E-state index contributed by atoms with van der Waals surface area (Å²) in [6, 6.07) is 2.60. The largest absolute Gasteiger partial charge is 0.459 e. The second-order valence-electron chi connectivity index (χ2n) is 5.62. The Morgan fingerprint density at radius 2 is 2.22 bits per heavy atom. The number of nitrogens with zero attached hydrogens (tertiary/aromatic N) is 2. The zero-order chi connectivity index (χ0) is 16.7. The first-order valence-electron chi connectivity index (χ1n) is 7.65. The highest BCUT2D eigenvalue weighted by Gasteiger charge is 2.25. The smallest absolute Gasteiger partial charge is 0.287 e. The molecule has 7 heteroatoms. The molecule has 0 saturated carbocycles. The van der Waals surface area contributed by atoms with Gasteiger partial charge in [-0.15, -0.1) is 0 Å². The van der Waals surface area contributed by atoms with Crippen molar-refractivity contribution in [2.45, 2.75) is 32.9 Å². The zero-order valence-electron chi connectivity index (χ0n) is 13.4. The third-order valence-electron chi connectivity index (χ3n) is 3.43. The summed E-state index contributed by atoms with van der Waals surface area (Å²) in [4.78, 5) is 28.3. The lowest BCUT2D eigenvalue weighted by atomic mass is 10.0. The molecule has 0 aromatic carbocycles. The number of furan rings is 1. The first kappa shape index (κ1) is 16.8. The molecule has 1 atom stereocenters. The van der Waals surface area contributed by atoms with E-state index in [9.17, 15) is 9.59 Å². The van der Waals surface area contributed by atoms with E-state index in [-0.39, 0.29) is 23.5 Å². The van der Waals surface area contributed by atoms with Crippen LogP contribution in [0.15, 0.2) is 41.5 Å². The van der Waals surface area contributed by atoms with E-state index in [2.05, 4.69) is 15.6 Å². The van der Waals surface area contributed by atoms with Crippen molar-refractivity contribution >= 4 is 11.8 Å². The molecule has 124 valence electrons. The van der Waals surface area contributed by atoms with E-state index < -0.39 is 6.04 Å². The topological polar surface area (TPSA) is 89.2 Å². The summed E-state index contributed by atoms with van der Waals surface area (Å²) in [6.07, 6.45) is 7.55. The van der Waals surface area contributed by atoms with Gasteiger partial charge >= 0.3 is 0 Å². The summed E-state index contributed by atoms with van der Waals surface area (Å²) in [5.41, 5.74) is 0. The number of aryl methyl sites for hydroxylation is 1. The number of hydrogen-bond donors (Lipinski definition) is 2. The molecule has 0 aliphatic heterocycles. The molecule has 0 aliphatic carbocycles. The molecule has 2 heterocycles. The average molecular weight is 318 g/mol. The Labute approximate surface area is 135 Å². The van der Waals surface area contributed by atoms with Gasteiger partial charge in [-0.1, -0.05) is 13.8 Å².